The van der Waals surface area contributed by atoms with Gasteiger partial charge in [-0.15, -0.1) is 0 Å². The Bertz CT molecular complexity index is 1290. The number of hydrogen-bond acceptors (Lipinski definition) is 6. The van der Waals surface area contributed by atoms with E-state index in [0.29, 0.717) is 19.2 Å². The molecule has 0 amide bonds. The lowest BCUT2D eigenvalue weighted by molar-refractivity contribution is 0.223. The van der Waals surface area contributed by atoms with Gasteiger partial charge < -0.3 is 19.7 Å². The molecule has 39 heavy (non-hydrogen) atoms. The summed E-state index contributed by atoms with van der Waals surface area (Å²) in [6.45, 7) is 10.6. The third-order valence-electron chi connectivity index (χ3n) is 6.48. The number of aromatic nitrogens is 2. The number of nitrogens with zero attached hydrogens (tertiary/aromatic N) is 3. The van der Waals surface area contributed by atoms with Crippen molar-refractivity contribution in [3.8, 4) is 22.8 Å². The number of benzene rings is 3. The summed E-state index contributed by atoms with van der Waals surface area (Å²) < 4.78 is 11.8. The van der Waals surface area contributed by atoms with Gasteiger partial charge in [0.1, 0.15) is 18.1 Å². The molecule has 1 N–H and O–H groups in total. The van der Waals surface area contributed by atoms with Crippen molar-refractivity contribution in [2.45, 2.75) is 33.6 Å². The number of rotatable bonds is 14. The Labute approximate surface area is 237 Å². The Kier molecular flexibility index (Phi) is 10.6. The van der Waals surface area contributed by atoms with Gasteiger partial charge in [0, 0.05) is 28.5 Å². The number of hydrogen-bond donors (Lipinski definition) is 1. The first-order valence-corrected chi connectivity index (χ1v) is 14.0. The lowest BCUT2D eigenvalue weighted by Crippen LogP contribution is -2.27. The lowest BCUT2D eigenvalue weighted by atomic mass is 10.1. The molecule has 0 fully saturated rings. The molecule has 0 saturated carbocycles. The maximum atomic E-state index is 5.96. The van der Waals surface area contributed by atoms with Crippen LogP contribution in [0, 0.1) is 6.92 Å². The van der Waals surface area contributed by atoms with Crippen LogP contribution in [0.4, 0.5) is 11.6 Å². The van der Waals surface area contributed by atoms with Crippen LogP contribution in [0.3, 0.4) is 0 Å². The second kappa shape index (κ2) is 14.5. The van der Waals surface area contributed by atoms with E-state index in [2.05, 4.69) is 41.2 Å². The normalized spacial score (nSPS) is 11.0. The second-order valence-corrected chi connectivity index (χ2v) is 9.78. The highest BCUT2D eigenvalue weighted by Crippen LogP contribution is 2.24. The zero-order valence-corrected chi connectivity index (χ0v) is 23.7. The number of aryl methyl sites for hydroxylation is 2. The van der Waals surface area contributed by atoms with E-state index >= 15 is 0 Å². The molecule has 0 saturated heterocycles. The van der Waals surface area contributed by atoms with Gasteiger partial charge in [0.05, 0.1) is 12.3 Å². The zero-order chi connectivity index (χ0) is 27.5. The maximum Gasteiger partial charge on any atom is 0.227 e. The third-order valence-corrected chi connectivity index (χ3v) is 6.73. The summed E-state index contributed by atoms with van der Waals surface area (Å²) in [5.41, 5.74) is 4.92. The standard InChI is InChI=1S/C32H37ClN4O2/c1-4-37(5-2)20-22-39-30-18-14-28(15-19-30)35-32-34-24(3)23-31(36-32)26-10-16-29(17-11-26)38-21-6-7-25-8-12-27(33)13-9-25/h8-19,23H,4-7,20-22H2,1-3H3,(H,34,35,36). The predicted molar refractivity (Wildman–Crippen MR) is 160 cm³/mol. The van der Waals surface area contributed by atoms with Gasteiger partial charge in [-0.25, -0.2) is 9.97 Å². The molecule has 204 valence electrons. The van der Waals surface area contributed by atoms with Gasteiger partial charge in [0.2, 0.25) is 5.95 Å². The number of anilines is 2. The minimum absolute atomic E-state index is 0.558. The molecule has 4 aromatic rings. The van der Waals surface area contributed by atoms with E-state index in [-0.39, 0.29) is 0 Å². The van der Waals surface area contributed by atoms with Gasteiger partial charge in [0.15, 0.2) is 0 Å². The summed E-state index contributed by atoms with van der Waals surface area (Å²) >= 11 is 5.96. The van der Waals surface area contributed by atoms with Gasteiger partial charge in [-0.05, 0) is 105 Å². The first-order chi connectivity index (χ1) is 19.0. The van der Waals surface area contributed by atoms with Crippen molar-refractivity contribution < 1.29 is 9.47 Å². The first-order valence-electron chi connectivity index (χ1n) is 13.6. The fourth-order valence-corrected chi connectivity index (χ4v) is 4.33. The molecule has 0 unspecified atom stereocenters. The first kappa shape index (κ1) is 28.4. The van der Waals surface area contributed by atoms with Gasteiger partial charge in [-0.3, -0.25) is 0 Å². The molecule has 6 nitrogen and oxygen atoms in total. The number of nitrogens with one attached hydrogen (secondary N) is 1. The average molecular weight is 545 g/mol. The number of likely N-dealkylation sites (N-methyl/N-ethyl adjacent to an activating group) is 1. The fraction of sp³-hybridized carbons (Fsp3) is 0.312. The van der Waals surface area contributed by atoms with Crippen molar-refractivity contribution in [2.75, 3.05) is 38.2 Å². The average Bonchev–Trinajstić information content (AvgIpc) is 2.95. The molecule has 0 aliphatic carbocycles. The van der Waals surface area contributed by atoms with E-state index in [0.717, 1.165) is 71.6 Å². The van der Waals surface area contributed by atoms with Crippen molar-refractivity contribution in [2.24, 2.45) is 0 Å². The minimum atomic E-state index is 0.558. The van der Waals surface area contributed by atoms with E-state index < -0.39 is 0 Å². The predicted octanol–water partition coefficient (Wildman–Crippen LogP) is 7.58. The van der Waals surface area contributed by atoms with Crippen LogP contribution in [0.1, 0.15) is 31.5 Å². The Hall–Kier alpha value is -3.61. The topological polar surface area (TPSA) is 59.5 Å². The molecule has 0 spiro atoms. The van der Waals surface area contributed by atoms with Crippen LogP contribution in [0.25, 0.3) is 11.3 Å². The van der Waals surface area contributed by atoms with Gasteiger partial charge in [-0.1, -0.05) is 37.6 Å². The fourth-order valence-electron chi connectivity index (χ4n) is 4.21. The SMILES string of the molecule is CCN(CC)CCOc1ccc(Nc2nc(C)cc(-c3ccc(OCCCc4ccc(Cl)cc4)cc3)n2)cc1. The van der Waals surface area contributed by atoms with E-state index in [1.165, 1.54) is 5.56 Å². The highest BCUT2D eigenvalue weighted by Gasteiger charge is 2.07. The van der Waals surface area contributed by atoms with E-state index in [1.807, 2.05) is 73.7 Å². The van der Waals surface area contributed by atoms with Gasteiger partial charge in [-0.2, -0.15) is 0 Å². The van der Waals surface area contributed by atoms with Gasteiger partial charge >= 0.3 is 0 Å². The van der Waals surface area contributed by atoms with Crippen LogP contribution < -0.4 is 14.8 Å². The highest BCUT2D eigenvalue weighted by atomic mass is 35.5. The quantitative estimate of drug-likeness (QED) is 0.165. The van der Waals surface area contributed by atoms with E-state index in [9.17, 15) is 0 Å². The molecule has 0 atom stereocenters. The molecule has 0 bridgehead atoms. The molecular weight excluding hydrogens is 508 g/mol. The second-order valence-electron chi connectivity index (χ2n) is 9.35. The van der Waals surface area contributed by atoms with Crippen molar-refractivity contribution in [1.82, 2.24) is 14.9 Å². The van der Waals surface area contributed by atoms with Crippen LogP contribution in [0.5, 0.6) is 11.5 Å². The van der Waals surface area contributed by atoms with Crippen LogP contribution in [0.2, 0.25) is 5.02 Å². The molecule has 0 radical (unpaired) electrons. The summed E-state index contributed by atoms with van der Waals surface area (Å²) in [7, 11) is 0. The van der Waals surface area contributed by atoms with Crippen LogP contribution >= 0.6 is 11.6 Å². The molecule has 1 heterocycles. The van der Waals surface area contributed by atoms with E-state index in [1.54, 1.807) is 0 Å². The summed E-state index contributed by atoms with van der Waals surface area (Å²) in [4.78, 5) is 11.7. The summed E-state index contributed by atoms with van der Waals surface area (Å²) in [5.74, 6) is 2.26. The molecule has 0 aliphatic heterocycles. The summed E-state index contributed by atoms with van der Waals surface area (Å²) in [5, 5.41) is 4.08. The number of ether oxygens (including phenoxy) is 2. The van der Waals surface area contributed by atoms with Crippen LogP contribution in [-0.2, 0) is 6.42 Å². The Morgan fingerprint density at radius 1 is 0.795 bits per heavy atom. The Balaban J connectivity index is 1.29. The van der Waals surface area contributed by atoms with Gasteiger partial charge in [0.25, 0.3) is 0 Å². The smallest absolute Gasteiger partial charge is 0.227 e. The number of halogens is 1. The van der Waals surface area contributed by atoms with Crippen molar-refractivity contribution in [3.05, 3.63) is 95.1 Å². The zero-order valence-electron chi connectivity index (χ0n) is 23.0. The Morgan fingerprint density at radius 2 is 1.44 bits per heavy atom. The lowest BCUT2D eigenvalue weighted by Gasteiger charge is -2.18. The molecule has 4 rings (SSSR count). The molecule has 1 aromatic heterocycles. The largest absolute Gasteiger partial charge is 0.494 e. The minimum Gasteiger partial charge on any atom is -0.494 e. The van der Waals surface area contributed by atoms with Crippen LogP contribution in [-0.4, -0.2) is 47.7 Å². The maximum absolute atomic E-state index is 5.96. The highest BCUT2D eigenvalue weighted by molar-refractivity contribution is 6.30. The molecular formula is C32H37ClN4O2. The van der Waals surface area contributed by atoms with Crippen molar-refractivity contribution in [3.63, 3.8) is 0 Å². The van der Waals surface area contributed by atoms with Crippen molar-refractivity contribution in [1.29, 1.82) is 0 Å². The molecule has 7 heteroatoms. The Morgan fingerprint density at radius 3 is 2.10 bits per heavy atom. The monoisotopic (exact) mass is 544 g/mol. The molecule has 0 aliphatic rings. The molecule has 3 aromatic carbocycles. The van der Waals surface area contributed by atoms with E-state index in [4.69, 9.17) is 26.1 Å². The third kappa shape index (κ3) is 8.98. The summed E-state index contributed by atoms with van der Waals surface area (Å²) in [6, 6.07) is 25.9. The summed E-state index contributed by atoms with van der Waals surface area (Å²) in [6.07, 6.45) is 1.89. The van der Waals surface area contributed by atoms with Crippen molar-refractivity contribution >= 4 is 23.2 Å². The van der Waals surface area contributed by atoms with Crippen LogP contribution in [0.15, 0.2) is 78.9 Å².